The van der Waals surface area contributed by atoms with E-state index in [1.165, 1.54) is 16.7 Å². The van der Waals surface area contributed by atoms with Crippen molar-refractivity contribution in [3.63, 3.8) is 0 Å². The molecule has 0 aromatic heterocycles. The van der Waals surface area contributed by atoms with Crippen molar-refractivity contribution in [2.45, 2.75) is 0 Å². The number of allylic oxidation sites excluding steroid dienone is 1. The zero-order valence-electron chi connectivity index (χ0n) is 8.56. The fourth-order valence-electron chi connectivity index (χ4n) is 1.55. The third-order valence-electron chi connectivity index (χ3n) is 2.33. The van der Waals surface area contributed by atoms with Crippen LogP contribution in [0, 0.1) is 6.92 Å². The predicted octanol–water partition coefficient (Wildman–Crippen LogP) is 4.20. The minimum atomic E-state index is 1.18. The molecule has 0 aliphatic heterocycles. The van der Waals surface area contributed by atoms with Gasteiger partial charge in [-0.25, -0.2) is 0 Å². The average Bonchev–Trinajstić information content (AvgIpc) is 2.32. The summed E-state index contributed by atoms with van der Waals surface area (Å²) >= 11 is 0. The molecule has 0 atom stereocenters. The van der Waals surface area contributed by atoms with E-state index < -0.39 is 0 Å². The summed E-state index contributed by atoms with van der Waals surface area (Å²) in [6, 6.07) is 18.8. The van der Waals surface area contributed by atoms with Crippen molar-refractivity contribution in [3.05, 3.63) is 73.2 Å². The minimum absolute atomic E-state index is 1.18. The standard InChI is InChI=1S/C15H13/c1-2-6-13-9-11-15(12-10-13)14-7-4-3-5-8-14/h2-12H,1H2/b6-2+. The quantitative estimate of drug-likeness (QED) is 0.670. The first-order valence-electron chi connectivity index (χ1n) is 5.01. The number of hydrogen-bond donors (Lipinski definition) is 0. The lowest BCUT2D eigenvalue weighted by Crippen LogP contribution is -1.77. The monoisotopic (exact) mass is 193 g/mol. The first kappa shape index (κ1) is 9.72. The zero-order chi connectivity index (χ0) is 10.5. The van der Waals surface area contributed by atoms with E-state index in [4.69, 9.17) is 0 Å². The summed E-state index contributed by atoms with van der Waals surface area (Å²) in [7, 11) is 0. The molecule has 0 heteroatoms. The lowest BCUT2D eigenvalue weighted by Gasteiger charge is -2.01. The first-order chi connectivity index (χ1) is 7.40. The highest BCUT2D eigenvalue weighted by atomic mass is 14.0. The Morgan fingerprint density at radius 3 is 1.93 bits per heavy atom. The van der Waals surface area contributed by atoms with E-state index in [2.05, 4.69) is 55.5 Å². The van der Waals surface area contributed by atoms with Crippen LogP contribution in [-0.2, 0) is 0 Å². The number of rotatable bonds is 2. The molecule has 2 rings (SSSR count). The van der Waals surface area contributed by atoms with Crippen LogP contribution < -0.4 is 0 Å². The van der Waals surface area contributed by atoms with Gasteiger partial charge >= 0.3 is 0 Å². The van der Waals surface area contributed by atoms with Gasteiger partial charge in [0.25, 0.3) is 0 Å². The van der Waals surface area contributed by atoms with Crippen LogP contribution in [0.2, 0.25) is 0 Å². The third kappa shape index (κ3) is 2.35. The minimum Gasteiger partial charge on any atom is -0.0836 e. The van der Waals surface area contributed by atoms with Crippen LogP contribution >= 0.6 is 0 Å². The molecule has 0 spiro atoms. The van der Waals surface area contributed by atoms with Crippen molar-refractivity contribution in [1.29, 1.82) is 0 Å². The second-order valence-corrected chi connectivity index (χ2v) is 3.39. The summed E-state index contributed by atoms with van der Waals surface area (Å²) in [6.07, 6.45) is 3.80. The highest BCUT2D eigenvalue weighted by Gasteiger charge is 1.94. The number of benzene rings is 2. The summed E-state index contributed by atoms with van der Waals surface area (Å²) in [5.74, 6) is 0. The molecule has 15 heavy (non-hydrogen) atoms. The highest BCUT2D eigenvalue weighted by molar-refractivity contribution is 5.65. The maximum Gasteiger partial charge on any atom is -0.0184 e. The van der Waals surface area contributed by atoms with E-state index in [0.717, 1.165) is 0 Å². The van der Waals surface area contributed by atoms with Gasteiger partial charge < -0.3 is 0 Å². The SMILES string of the molecule is [CH2]/C=C/c1ccc(-c2ccccc2)cc1. The van der Waals surface area contributed by atoms with Gasteiger partial charge in [0.05, 0.1) is 0 Å². The normalized spacial score (nSPS) is 10.7. The van der Waals surface area contributed by atoms with E-state index in [1.807, 2.05) is 12.1 Å². The van der Waals surface area contributed by atoms with Crippen LogP contribution in [-0.4, -0.2) is 0 Å². The maximum absolute atomic E-state index is 3.68. The molecule has 0 saturated carbocycles. The van der Waals surface area contributed by atoms with Crippen LogP contribution in [0.15, 0.2) is 60.7 Å². The number of hydrogen-bond acceptors (Lipinski definition) is 0. The van der Waals surface area contributed by atoms with Crippen LogP contribution in [0.1, 0.15) is 5.56 Å². The van der Waals surface area contributed by atoms with Crippen LogP contribution in [0.4, 0.5) is 0 Å². The van der Waals surface area contributed by atoms with Crippen LogP contribution in [0.25, 0.3) is 17.2 Å². The molecule has 0 unspecified atom stereocenters. The van der Waals surface area contributed by atoms with Crippen molar-refractivity contribution >= 4 is 6.08 Å². The van der Waals surface area contributed by atoms with Crippen molar-refractivity contribution in [2.75, 3.05) is 0 Å². The predicted molar refractivity (Wildman–Crippen MR) is 66.3 cm³/mol. The molecule has 2 aromatic rings. The fourth-order valence-corrected chi connectivity index (χ4v) is 1.55. The summed E-state index contributed by atoms with van der Waals surface area (Å²) in [6.45, 7) is 3.68. The van der Waals surface area contributed by atoms with Crippen molar-refractivity contribution in [2.24, 2.45) is 0 Å². The molecular formula is C15H13. The van der Waals surface area contributed by atoms with E-state index >= 15 is 0 Å². The van der Waals surface area contributed by atoms with Gasteiger partial charge in [0.15, 0.2) is 0 Å². The largest absolute Gasteiger partial charge is 0.0836 e. The van der Waals surface area contributed by atoms with E-state index in [1.54, 1.807) is 6.08 Å². The topological polar surface area (TPSA) is 0 Å². The summed E-state index contributed by atoms with van der Waals surface area (Å²) in [5, 5.41) is 0. The molecule has 0 saturated heterocycles. The van der Waals surface area contributed by atoms with Gasteiger partial charge in [-0.1, -0.05) is 66.7 Å². The summed E-state index contributed by atoms with van der Waals surface area (Å²) < 4.78 is 0. The highest BCUT2D eigenvalue weighted by Crippen LogP contribution is 2.19. The van der Waals surface area contributed by atoms with Gasteiger partial charge in [-0.15, -0.1) is 0 Å². The molecule has 0 aliphatic rings. The Bertz CT molecular complexity index is 435. The molecule has 2 aromatic carbocycles. The second-order valence-electron chi connectivity index (χ2n) is 3.39. The molecule has 0 heterocycles. The Hall–Kier alpha value is -1.82. The Kier molecular flexibility index (Phi) is 2.99. The molecule has 0 nitrogen and oxygen atoms in total. The third-order valence-corrected chi connectivity index (χ3v) is 2.33. The molecule has 0 bridgehead atoms. The Balaban J connectivity index is 2.32. The van der Waals surface area contributed by atoms with Gasteiger partial charge in [-0.2, -0.15) is 0 Å². The molecule has 0 N–H and O–H groups in total. The van der Waals surface area contributed by atoms with Gasteiger partial charge in [-0.05, 0) is 23.6 Å². The zero-order valence-corrected chi connectivity index (χ0v) is 8.56. The summed E-state index contributed by atoms with van der Waals surface area (Å²) in [5.41, 5.74) is 3.68. The molecule has 0 fully saturated rings. The molecule has 73 valence electrons. The van der Waals surface area contributed by atoms with Gasteiger partial charge in [0, 0.05) is 0 Å². The Morgan fingerprint density at radius 1 is 0.733 bits per heavy atom. The average molecular weight is 193 g/mol. The van der Waals surface area contributed by atoms with Gasteiger partial charge in [0.1, 0.15) is 0 Å². The second kappa shape index (κ2) is 4.61. The Labute approximate surface area is 90.9 Å². The maximum atomic E-state index is 3.68. The smallest absolute Gasteiger partial charge is 0.0184 e. The van der Waals surface area contributed by atoms with Crippen LogP contribution in [0.5, 0.6) is 0 Å². The Morgan fingerprint density at radius 2 is 1.33 bits per heavy atom. The van der Waals surface area contributed by atoms with Gasteiger partial charge in [-0.3, -0.25) is 0 Å². The van der Waals surface area contributed by atoms with E-state index in [-0.39, 0.29) is 0 Å². The first-order valence-corrected chi connectivity index (χ1v) is 5.01. The van der Waals surface area contributed by atoms with Crippen molar-refractivity contribution in [3.8, 4) is 11.1 Å². The molecule has 0 amide bonds. The fraction of sp³-hybridized carbons (Fsp3) is 0. The molecule has 0 aliphatic carbocycles. The lowest BCUT2D eigenvalue weighted by molar-refractivity contribution is 1.60. The van der Waals surface area contributed by atoms with E-state index in [9.17, 15) is 0 Å². The van der Waals surface area contributed by atoms with Crippen molar-refractivity contribution in [1.82, 2.24) is 0 Å². The van der Waals surface area contributed by atoms with Crippen molar-refractivity contribution < 1.29 is 0 Å². The van der Waals surface area contributed by atoms with E-state index in [0.29, 0.717) is 0 Å². The molecule has 1 radical (unpaired) electrons. The lowest BCUT2D eigenvalue weighted by atomic mass is 10.0. The summed E-state index contributed by atoms with van der Waals surface area (Å²) in [4.78, 5) is 0. The molecular weight excluding hydrogens is 180 g/mol. The van der Waals surface area contributed by atoms with Gasteiger partial charge in [0.2, 0.25) is 0 Å². The van der Waals surface area contributed by atoms with Crippen LogP contribution in [0.3, 0.4) is 0 Å².